The van der Waals surface area contributed by atoms with Crippen molar-refractivity contribution in [3.8, 4) is 0 Å². The quantitative estimate of drug-likeness (QED) is 0.761. The molecule has 1 heterocycles. The van der Waals surface area contributed by atoms with E-state index in [9.17, 15) is 0 Å². The zero-order valence-corrected chi connectivity index (χ0v) is 14.5. The lowest BCUT2D eigenvalue weighted by molar-refractivity contribution is 0.345. The summed E-state index contributed by atoms with van der Waals surface area (Å²) in [5.41, 5.74) is 12.7. The zero-order valence-electron chi connectivity index (χ0n) is 12.8. The second-order valence-corrected chi connectivity index (χ2v) is 6.33. The Morgan fingerprint density at radius 3 is 2.45 bits per heavy atom. The van der Waals surface area contributed by atoms with E-state index in [4.69, 9.17) is 11.5 Å². The molecule has 0 aromatic carbocycles. The van der Waals surface area contributed by atoms with Crippen LogP contribution >= 0.6 is 24.8 Å². The molecule has 2 saturated carbocycles. The van der Waals surface area contributed by atoms with E-state index in [-0.39, 0.29) is 24.8 Å². The number of nitrogens with one attached hydrogen (secondary N) is 1. The lowest BCUT2D eigenvalue weighted by atomic mass is 9.78. The maximum absolute atomic E-state index is 5.84. The van der Waals surface area contributed by atoms with E-state index in [0.717, 1.165) is 36.8 Å². The second kappa shape index (κ2) is 8.75. The Morgan fingerprint density at radius 1 is 1.14 bits per heavy atom. The van der Waals surface area contributed by atoms with Gasteiger partial charge in [0.1, 0.15) is 5.82 Å². The monoisotopic (exact) mass is 347 g/mol. The maximum atomic E-state index is 5.84. The summed E-state index contributed by atoms with van der Waals surface area (Å²) in [4.78, 5) is 8.63. The number of nitrogen functional groups attached to an aromatic ring is 1. The maximum Gasteiger partial charge on any atom is 0.222 e. The van der Waals surface area contributed by atoms with Gasteiger partial charge < -0.3 is 16.8 Å². The molecule has 5 nitrogen and oxygen atoms in total. The molecule has 1 aromatic rings. The molecule has 0 saturated heterocycles. The Bertz CT molecular complexity index is 459. The molecule has 1 aromatic heterocycles. The highest BCUT2D eigenvalue weighted by atomic mass is 35.5. The molecule has 5 N–H and O–H groups in total. The number of halogens is 2. The Hall–Kier alpha value is -0.780. The van der Waals surface area contributed by atoms with Gasteiger partial charge in [0.15, 0.2) is 0 Å². The first-order valence-electron chi connectivity index (χ1n) is 7.84. The summed E-state index contributed by atoms with van der Waals surface area (Å²) < 4.78 is 0. The Labute approximate surface area is 144 Å². The van der Waals surface area contributed by atoms with Crippen molar-refractivity contribution in [2.24, 2.45) is 11.7 Å². The Morgan fingerprint density at radius 2 is 1.82 bits per heavy atom. The summed E-state index contributed by atoms with van der Waals surface area (Å²) in [6.07, 6.45) is 8.83. The van der Waals surface area contributed by atoms with Gasteiger partial charge in [-0.05, 0) is 25.2 Å². The molecule has 0 unspecified atom stereocenters. The summed E-state index contributed by atoms with van der Waals surface area (Å²) in [7, 11) is 0. The van der Waals surface area contributed by atoms with Crippen LogP contribution in [-0.2, 0) is 0 Å². The Balaban J connectivity index is 0.00000121. The van der Waals surface area contributed by atoms with Crippen LogP contribution in [0.4, 0.5) is 11.8 Å². The smallest absolute Gasteiger partial charge is 0.222 e. The van der Waals surface area contributed by atoms with E-state index in [1.807, 2.05) is 6.07 Å². The normalized spacial score (nSPS) is 24.0. The largest absolute Gasteiger partial charge is 0.370 e. The fourth-order valence-corrected chi connectivity index (χ4v) is 3.39. The van der Waals surface area contributed by atoms with Gasteiger partial charge in [0.25, 0.3) is 0 Å². The summed E-state index contributed by atoms with van der Waals surface area (Å²) in [6, 6.07) is 2.37. The number of anilines is 2. The summed E-state index contributed by atoms with van der Waals surface area (Å²) in [6.45, 7) is 0.977. The van der Waals surface area contributed by atoms with Gasteiger partial charge in [-0.15, -0.1) is 24.8 Å². The topological polar surface area (TPSA) is 89.8 Å². The van der Waals surface area contributed by atoms with Gasteiger partial charge >= 0.3 is 0 Å². The minimum Gasteiger partial charge on any atom is -0.370 e. The first-order valence-corrected chi connectivity index (χ1v) is 7.84. The third kappa shape index (κ3) is 4.86. The van der Waals surface area contributed by atoms with Gasteiger partial charge in [-0.3, -0.25) is 0 Å². The molecule has 126 valence electrons. The fourth-order valence-electron chi connectivity index (χ4n) is 3.39. The number of rotatable bonds is 5. The predicted molar refractivity (Wildman–Crippen MR) is 96.0 cm³/mol. The van der Waals surface area contributed by atoms with Crippen molar-refractivity contribution < 1.29 is 0 Å². The highest BCUT2D eigenvalue weighted by Crippen LogP contribution is 2.35. The van der Waals surface area contributed by atoms with Crippen molar-refractivity contribution in [2.45, 2.75) is 56.9 Å². The first-order chi connectivity index (χ1) is 9.70. The van der Waals surface area contributed by atoms with Crippen molar-refractivity contribution in [3.63, 3.8) is 0 Å². The molecule has 0 aliphatic heterocycles. The van der Waals surface area contributed by atoms with Crippen molar-refractivity contribution >= 4 is 36.6 Å². The van der Waals surface area contributed by atoms with Crippen LogP contribution in [0.1, 0.15) is 56.6 Å². The Kier molecular flexibility index (Phi) is 7.66. The second-order valence-electron chi connectivity index (χ2n) is 6.33. The van der Waals surface area contributed by atoms with Crippen LogP contribution < -0.4 is 16.8 Å². The average molecular weight is 348 g/mol. The van der Waals surface area contributed by atoms with E-state index in [2.05, 4.69) is 15.3 Å². The molecule has 0 spiro atoms. The van der Waals surface area contributed by atoms with Crippen LogP contribution in [0.2, 0.25) is 0 Å². The van der Waals surface area contributed by atoms with Crippen molar-refractivity contribution in [3.05, 3.63) is 11.8 Å². The molecule has 3 rings (SSSR count). The van der Waals surface area contributed by atoms with E-state index in [1.54, 1.807) is 0 Å². The van der Waals surface area contributed by atoms with Crippen LogP contribution in [0.5, 0.6) is 0 Å². The molecular weight excluding hydrogens is 321 g/mol. The average Bonchev–Trinajstić information content (AvgIpc) is 2.87. The highest BCUT2D eigenvalue weighted by Gasteiger charge is 2.29. The third-order valence-electron chi connectivity index (χ3n) is 4.69. The van der Waals surface area contributed by atoms with Gasteiger partial charge in [0, 0.05) is 24.6 Å². The standard InChI is InChI=1S/C15H25N5.2ClH/c16-12-7-11(8-12)13-9-14(20-15(17)19-13)18-6-5-10-3-1-2-4-10;;/h9-12H,1-8,16H2,(H3,17,18,19,20);2*1H. The number of aromatic nitrogens is 2. The van der Waals surface area contributed by atoms with Crippen LogP contribution in [0.3, 0.4) is 0 Å². The SMILES string of the molecule is Cl.Cl.Nc1nc(NCCC2CCCC2)cc(C2CC(N)C2)n1. The van der Waals surface area contributed by atoms with Gasteiger partial charge in [0.05, 0.1) is 5.69 Å². The van der Waals surface area contributed by atoms with Crippen molar-refractivity contribution in [2.75, 3.05) is 17.6 Å². The van der Waals surface area contributed by atoms with E-state index in [1.165, 1.54) is 32.1 Å². The molecule has 0 bridgehead atoms. The molecule has 0 amide bonds. The number of hydrogen-bond acceptors (Lipinski definition) is 5. The molecule has 2 aliphatic rings. The lowest BCUT2D eigenvalue weighted by Crippen LogP contribution is -2.35. The molecule has 7 heteroatoms. The third-order valence-corrected chi connectivity index (χ3v) is 4.69. The van der Waals surface area contributed by atoms with Gasteiger partial charge in [0.2, 0.25) is 5.95 Å². The predicted octanol–water partition coefficient (Wildman–Crippen LogP) is 3.10. The minimum absolute atomic E-state index is 0. The summed E-state index contributed by atoms with van der Waals surface area (Å²) in [5.74, 6) is 2.59. The van der Waals surface area contributed by atoms with Crippen LogP contribution in [-0.4, -0.2) is 22.6 Å². The van der Waals surface area contributed by atoms with Gasteiger partial charge in [-0.25, -0.2) is 4.98 Å². The summed E-state index contributed by atoms with van der Waals surface area (Å²) >= 11 is 0. The van der Waals surface area contributed by atoms with E-state index < -0.39 is 0 Å². The molecule has 2 aliphatic carbocycles. The van der Waals surface area contributed by atoms with Crippen LogP contribution in [0.15, 0.2) is 6.07 Å². The van der Waals surface area contributed by atoms with Gasteiger partial charge in [-0.1, -0.05) is 25.7 Å². The molecule has 0 radical (unpaired) electrons. The number of nitrogens with two attached hydrogens (primary N) is 2. The van der Waals surface area contributed by atoms with E-state index >= 15 is 0 Å². The molecule has 0 atom stereocenters. The lowest BCUT2D eigenvalue weighted by Gasteiger charge is -2.32. The molecule has 22 heavy (non-hydrogen) atoms. The van der Waals surface area contributed by atoms with Crippen LogP contribution in [0, 0.1) is 5.92 Å². The number of nitrogens with zero attached hydrogens (tertiary/aromatic N) is 2. The summed E-state index contributed by atoms with van der Waals surface area (Å²) in [5, 5.41) is 3.40. The zero-order chi connectivity index (χ0) is 13.9. The molecular formula is C15H27Cl2N5. The van der Waals surface area contributed by atoms with Gasteiger partial charge in [-0.2, -0.15) is 4.98 Å². The van der Waals surface area contributed by atoms with Crippen molar-refractivity contribution in [1.82, 2.24) is 9.97 Å². The molecule has 2 fully saturated rings. The highest BCUT2D eigenvalue weighted by molar-refractivity contribution is 5.85. The van der Waals surface area contributed by atoms with E-state index in [0.29, 0.717) is 17.9 Å². The first kappa shape index (κ1) is 19.3. The minimum atomic E-state index is 0. The fraction of sp³-hybridized carbons (Fsp3) is 0.733. The van der Waals surface area contributed by atoms with Crippen LogP contribution in [0.25, 0.3) is 0 Å². The number of hydrogen-bond donors (Lipinski definition) is 3. The van der Waals surface area contributed by atoms with Crippen molar-refractivity contribution in [1.29, 1.82) is 0 Å².